The lowest BCUT2D eigenvalue weighted by molar-refractivity contribution is -0.136. The standard InChI is InChI=1S/C18H12ClNO3S2/c1-9-2-3-12-10(6-9)7-14(24-12)18-20-11(8-16(21)22)17(23-18)13-4-5-15(19)25-13/h2-7H,8H2,1H3,(H,21,22). The van der Waals surface area contributed by atoms with E-state index in [4.69, 9.17) is 21.1 Å². The van der Waals surface area contributed by atoms with E-state index < -0.39 is 5.97 Å². The Kier molecular flexibility index (Phi) is 4.11. The zero-order chi connectivity index (χ0) is 17.6. The third-order valence-corrected chi connectivity index (χ3v) is 6.03. The maximum Gasteiger partial charge on any atom is 0.309 e. The number of carboxylic acid groups (broad SMARTS) is 1. The van der Waals surface area contributed by atoms with Crippen LogP contribution in [0.4, 0.5) is 0 Å². The minimum Gasteiger partial charge on any atom is -0.481 e. The second-order valence-electron chi connectivity index (χ2n) is 5.62. The van der Waals surface area contributed by atoms with Crippen molar-refractivity contribution in [3.8, 4) is 21.4 Å². The van der Waals surface area contributed by atoms with Gasteiger partial charge in [0, 0.05) is 4.70 Å². The molecule has 0 spiro atoms. The first-order valence-electron chi connectivity index (χ1n) is 7.47. The minimum absolute atomic E-state index is 0.196. The van der Waals surface area contributed by atoms with Crippen molar-refractivity contribution in [1.82, 2.24) is 4.98 Å². The van der Waals surface area contributed by atoms with Crippen LogP contribution in [0.2, 0.25) is 4.34 Å². The molecule has 7 heteroatoms. The van der Waals surface area contributed by atoms with Gasteiger partial charge in [-0.2, -0.15) is 0 Å². The number of aromatic nitrogens is 1. The second kappa shape index (κ2) is 6.29. The molecule has 0 saturated heterocycles. The number of carbonyl (C=O) groups is 1. The number of aliphatic carboxylic acids is 1. The van der Waals surface area contributed by atoms with Crippen molar-refractivity contribution in [1.29, 1.82) is 0 Å². The SMILES string of the molecule is Cc1ccc2sc(-c3nc(CC(=O)O)c(-c4ccc(Cl)s4)o3)cc2c1. The molecule has 0 amide bonds. The van der Waals surface area contributed by atoms with Crippen molar-refractivity contribution in [3.05, 3.63) is 52.0 Å². The van der Waals surface area contributed by atoms with Gasteiger partial charge in [0.05, 0.1) is 26.2 Å². The van der Waals surface area contributed by atoms with Crippen molar-refractivity contribution in [2.45, 2.75) is 13.3 Å². The van der Waals surface area contributed by atoms with Gasteiger partial charge in [-0.05, 0) is 36.6 Å². The number of thiophene rings is 2. The van der Waals surface area contributed by atoms with Crippen molar-refractivity contribution in [2.75, 3.05) is 0 Å². The Morgan fingerprint density at radius 2 is 2.04 bits per heavy atom. The zero-order valence-corrected chi connectivity index (χ0v) is 15.5. The molecule has 0 aliphatic carbocycles. The van der Waals surface area contributed by atoms with E-state index in [0.29, 0.717) is 21.7 Å². The number of hydrogen-bond acceptors (Lipinski definition) is 5. The molecule has 0 saturated carbocycles. The third kappa shape index (κ3) is 3.20. The summed E-state index contributed by atoms with van der Waals surface area (Å²) in [5, 5.41) is 10.3. The number of rotatable bonds is 4. The molecule has 3 aromatic heterocycles. The van der Waals surface area contributed by atoms with Crippen molar-refractivity contribution >= 4 is 50.3 Å². The van der Waals surface area contributed by atoms with E-state index >= 15 is 0 Å². The van der Waals surface area contributed by atoms with Crippen LogP contribution in [-0.4, -0.2) is 16.1 Å². The Labute approximate surface area is 156 Å². The first-order valence-corrected chi connectivity index (χ1v) is 9.48. The number of fused-ring (bicyclic) bond motifs is 1. The molecule has 0 aliphatic rings. The van der Waals surface area contributed by atoms with Crippen LogP contribution in [0.3, 0.4) is 0 Å². The lowest BCUT2D eigenvalue weighted by atomic mass is 10.2. The number of hydrogen-bond donors (Lipinski definition) is 1. The molecule has 0 unspecified atom stereocenters. The number of oxazole rings is 1. The Balaban J connectivity index is 1.83. The van der Waals surface area contributed by atoms with E-state index in [1.807, 2.05) is 19.1 Å². The van der Waals surface area contributed by atoms with Crippen molar-refractivity contribution in [3.63, 3.8) is 0 Å². The van der Waals surface area contributed by atoms with Crippen LogP contribution in [0.25, 0.3) is 31.5 Å². The number of carboxylic acids is 1. The molecule has 0 aliphatic heterocycles. The summed E-state index contributed by atoms with van der Waals surface area (Å²) >= 11 is 8.92. The summed E-state index contributed by atoms with van der Waals surface area (Å²) in [6.07, 6.45) is -0.196. The first kappa shape index (κ1) is 16.3. The smallest absolute Gasteiger partial charge is 0.309 e. The van der Waals surface area contributed by atoms with Gasteiger partial charge in [0.2, 0.25) is 5.89 Å². The molecule has 4 rings (SSSR count). The second-order valence-corrected chi connectivity index (χ2v) is 8.42. The highest BCUT2D eigenvalue weighted by molar-refractivity contribution is 7.22. The van der Waals surface area contributed by atoms with Gasteiger partial charge in [-0.1, -0.05) is 29.3 Å². The maximum atomic E-state index is 11.2. The molecule has 25 heavy (non-hydrogen) atoms. The Hall–Kier alpha value is -2.15. The topological polar surface area (TPSA) is 63.3 Å². The van der Waals surface area contributed by atoms with Crippen LogP contribution in [0.5, 0.6) is 0 Å². The molecule has 1 N–H and O–H groups in total. The average molecular weight is 390 g/mol. The van der Waals surface area contributed by atoms with Gasteiger partial charge in [-0.3, -0.25) is 4.79 Å². The predicted octanol–water partition coefficient (Wildman–Crippen LogP) is 5.87. The average Bonchev–Trinajstić information content (AvgIpc) is 3.24. The Morgan fingerprint density at radius 3 is 2.76 bits per heavy atom. The van der Waals surface area contributed by atoms with Crippen molar-refractivity contribution < 1.29 is 14.3 Å². The lowest BCUT2D eigenvalue weighted by Gasteiger charge is -1.94. The molecule has 0 fully saturated rings. The minimum atomic E-state index is -0.948. The molecule has 4 nitrogen and oxygen atoms in total. The molecule has 0 bridgehead atoms. The van der Waals surface area contributed by atoms with Gasteiger partial charge >= 0.3 is 5.97 Å². The molecule has 4 aromatic rings. The number of halogens is 1. The number of aryl methyl sites for hydroxylation is 1. The van der Waals surface area contributed by atoms with Crippen LogP contribution in [0.15, 0.2) is 40.8 Å². The van der Waals surface area contributed by atoms with Crippen LogP contribution in [-0.2, 0) is 11.2 Å². The van der Waals surface area contributed by atoms with Gasteiger partial charge in [-0.15, -0.1) is 22.7 Å². The largest absolute Gasteiger partial charge is 0.481 e. The van der Waals surface area contributed by atoms with E-state index in [1.54, 1.807) is 17.4 Å². The molecule has 0 radical (unpaired) electrons. The summed E-state index contributed by atoms with van der Waals surface area (Å²) in [5.41, 5.74) is 1.60. The molecular weight excluding hydrogens is 378 g/mol. The van der Waals surface area contributed by atoms with Gasteiger partial charge in [0.25, 0.3) is 0 Å². The number of benzene rings is 1. The van der Waals surface area contributed by atoms with E-state index in [9.17, 15) is 4.79 Å². The summed E-state index contributed by atoms with van der Waals surface area (Å²) in [6, 6.07) is 11.8. The highest BCUT2D eigenvalue weighted by Crippen LogP contribution is 2.39. The molecule has 1 aromatic carbocycles. The molecule has 126 valence electrons. The van der Waals surface area contributed by atoms with E-state index in [-0.39, 0.29) is 6.42 Å². The maximum absolute atomic E-state index is 11.2. The predicted molar refractivity (Wildman–Crippen MR) is 102 cm³/mol. The van der Waals surface area contributed by atoms with Gasteiger partial charge in [0.1, 0.15) is 0 Å². The monoisotopic (exact) mass is 389 g/mol. The summed E-state index contributed by atoms with van der Waals surface area (Å²) in [6.45, 7) is 2.05. The van der Waals surface area contributed by atoms with Crippen molar-refractivity contribution in [2.24, 2.45) is 0 Å². The zero-order valence-electron chi connectivity index (χ0n) is 13.1. The normalized spacial score (nSPS) is 11.3. The van der Waals surface area contributed by atoms with E-state index in [2.05, 4.69) is 23.2 Å². The summed E-state index contributed by atoms with van der Waals surface area (Å²) < 4.78 is 7.70. The van der Waals surface area contributed by atoms with Crippen LogP contribution in [0.1, 0.15) is 11.3 Å². The number of nitrogens with zero attached hydrogens (tertiary/aromatic N) is 1. The molecule has 3 heterocycles. The lowest BCUT2D eigenvalue weighted by Crippen LogP contribution is -2.01. The van der Waals surface area contributed by atoms with Gasteiger partial charge < -0.3 is 9.52 Å². The fourth-order valence-corrected chi connectivity index (χ4v) is 4.63. The Bertz CT molecular complexity index is 1090. The fraction of sp³-hybridized carbons (Fsp3) is 0.111. The van der Waals surface area contributed by atoms with Crippen LogP contribution < -0.4 is 0 Å². The third-order valence-electron chi connectivity index (χ3n) is 3.70. The van der Waals surface area contributed by atoms with E-state index in [1.165, 1.54) is 16.9 Å². The van der Waals surface area contributed by atoms with Crippen LogP contribution in [0, 0.1) is 6.92 Å². The molecular formula is C18H12ClNO3S2. The first-order chi connectivity index (χ1) is 12.0. The van der Waals surface area contributed by atoms with Gasteiger partial charge in [-0.25, -0.2) is 4.98 Å². The summed E-state index contributed by atoms with van der Waals surface area (Å²) in [7, 11) is 0. The quantitative estimate of drug-likeness (QED) is 0.473. The summed E-state index contributed by atoms with van der Waals surface area (Å²) in [5.74, 6) is -0.0340. The van der Waals surface area contributed by atoms with E-state index in [0.717, 1.165) is 19.8 Å². The Morgan fingerprint density at radius 1 is 1.20 bits per heavy atom. The highest BCUT2D eigenvalue weighted by Gasteiger charge is 2.21. The van der Waals surface area contributed by atoms with Gasteiger partial charge in [0.15, 0.2) is 5.76 Å². The fourth-order valence-electron chi connectivity index (χ4n) is 2.62. The van der Waals surface area contributed by atoms with Crippen LogP contribution >= 0.6 is 34.3 Å². The molecule has 0 atom stereocenters. The summed E-state index contributed by atoms with van der Waals surface area (Å²) in [4.78, 5) is 17.3. The highest BCUT2D eigenvalue weighted by atomic mass is 35.5.